The van der Waals surface area contributed by atoms with Crippen LogP contribution in [0.3, 0.4) is 0 Å². The molecule has 16 heavy (non-hydrogen) atoms. The van der Waals surface area contributed by atoms with E-state index in [0.717, 1.165) is 19.4 Å². The number of rotatable bonds is 2. The maximum Gasteiger partial charge on any atom is 0.244 e. The third-order valence-electron chi connectivity index (χ3n) is 2.56. The van der Waals surface area contributed by atoms with E-state index in [0.29, 0.717) is 6.54 Å². The van der Waals surface area contributed by atoms with Crippen molar-refractivity contribution in [1.29, 1.82) is 0 Å². The Morgan fingerprint density at radius 3 is 2.62 bits per heavy atom. The average Bonchev–Trinajstić information content (AvgIpc) is 2.15. The Labute approximate surface area is 102 Å². The number of halogens is 1. The maximum atomic E-state index is 11.8. The minimum absolute atomic E-state index is 0. The van der Waals surface area contributed by atoms with Gasteiger partial charge in [0.2, 0.25) is 11.8 Å². The van der Waals surface area contributed by atoms with E-state index in [1.165, 1.54) is 6.92 Å². The van der Waals surface area contributed by atoms with Gasteiger partial charge in [0, 0.05) is 26.1 Å². The highest BCUT2D eigenvalue weighted by molar-refractivity contribution is 5.86. The van der Waals surface area contributed by atoms with Gasteiger partial charge in [0.15, 0.2) is 0 Å². The van der Waals surface area contributed by atoms with Crippen LogP contribution < -0.4 is 11.1 Å². The molecule has 1 saturated heterocycles. The van der Waals surface area contributed by atoms with Crippen LogP contribution >= 0.6 is 12.4 Å². The third kappa shape index (κ3) is 4.37. The number of nitrogens with one attached hydrogen (secondary N) is 1. The molecule has 0 spiro atoms. The Kier molecular flexibility index (Phi) is 6.36. The Balaban J connectivity index is 0.00000225. The standard InChI is InChI=1S/C10H19N3O2.ClH/c1-7(12-8(2)14)10(15)13-5-3-4-9(11)6-13;/h7,9H,3-6,11H2,1-2H3,(H,12,14);1H/t7?,9-;/m1./s1. The number of hydrogen-bond donors (Lipinski definition) is 2. The van der Waals surface area contributed by atoms with Gasteiger partial charge >= 0.3 is 0 Å². The number of piperidine rings is 1. The second-order valence-corrected chi connectivity index (χ2v) is 4.11. The molecule has 1 rings (SSSR count). The zero-order chi connectivity index (χ0) is 11.4. The molecule has 5 nitrogen and oxygen atoms in total. The Morgan fingerprint density at radius 1 is 1.50 bits per heavy atom. The first-order valence-electron chi connectivity index (χ1n) is 5.32. The lowest BCUT2D eigenvalue weighted by Crippen LogP contribution is -2.52. The van der Waals surface area contributed by atoms with Gasteiger partial charge in [-0.25, -0.2) is 0 Å². The van der Waals surface area contributed by atoms with E-state index in [1.54, 1.807) is 11.8 Å². The van der Waals surface area contributed by atoms with Crippen LogP contribution in [0, 0.1) is 0 Å². The molecule has 94 valence electrons. The van der Waals surface area contributed by atoms with Crippen molar-refractivity contribution in [2.45, 2.75) is 38.8 Å². The molecule has 6 heteroatoms. The van der Waals surface area contributed by atoms with E-state index in [9.17, 15) is 9.59 Å². The lowest BCUT2D eigenvalue weighted by molar-refractivity contribution is -0.136. The smallest absolute Gasteiger partial charge is 0.244 e. The molecule has 1 heterocycles. The molecule has 0 saturated carbocycles. The maximum absolute atomic E-state index is 11.8. The Hall–Kier alpha value is -0.810. The number of hydrogen-bond acceptors (Lipinski definition) is 3. The van der Waals surface area contributed by atoms with Gasteiger partial charge in [0.1, 0.15) is 6.04 Å². The van der Waals surface area contributed by atoms with E-state index in [4.69, 9.17) is 5.73 Å². The predicted molar refractivity (Wildman–Crippen MR) is 64.3 cm³/mol. The fourth-order valence-electron chi connectivity index (χ4n) is 1.85. The van der Waals surface area contributed by atoms with Crippen molar-refractivity contribution >= 4 is 24.2 Å². The zero-order valence-corrected chi connectivity index (χ0v) is 10.5. The molecule has 0 aromatic heterocycles. The summed E-state index contributed by atoms with van der Waals surface area (Å²) in [4.78, 5) is 24.4. The highest BCUT2D eigenvalue weighted by Crippen LogP contribution is 2.09. The van der Waals surface area contributed by atoms with Crippen molar-refractivity contribution in [3.05, 3.63) is 0 Å². The van der Waals surface area contributed by atoms with Crippen molar-refractivity contribution in [2.24, 2.45) is 5.73 Å². The molecule has 0 radical (unpaired) electrons. The molecule has 0 aromatic rings. The molecule has 3 N–H and O–H groups in total. The summed E-state index contributed by atoms with van der Waals surface area (Å²) in [5, 5.41) is 2.58. The highest BCUT2D eigenvalue weighted by Gasteiger charge is 2.25. The predicted octanol–water partition coefficient (Wildman–Crippen LogP) is -0.117. The van der Waals surface area contributed by atoms with E-state index >= 15 is 0 Å². The van der Waals surface area contributed by atoms with Crippen LogP contribution in [0.2, 0.25) is 0 Å². The van der Waals surface area contributed by atoms with E-state index < -0.39 is 6.04 Å². The molecule has 0 aromatic carbocycles. The van der Waals surface area contributed by atoms with E-state index in [-0.39, 0.29) is 30.3 Å². The van der Waals surface area contributed by atoms with Crippen molar-refractivity contribution in [1.82, 2.24) is 10.2 Å². The second-order valence-electron chi connectivity index (χ2n) is 4.11. The summed E-state index contributed by atoms with van der Waals surface area (Å²) in [6, 6.07) is -0.375. The number of carbonyl (C=O) groups excluding carboxylic acids is 2. The summed E-state index contributed by atoms with van der Waals surface area (Å²) in [5.74, 6) is -0.225. The summed E-state index contributed by atoms with van der Waals surface area (Å²) >= 11 is 0. The molecule has 1 aliphatic heterocycles. The molecular formula is C10H20ClN3O2. The summed E-state index contributed by atoms with van der Waals surface area (Å²) in [6.45, 7) is 4.45. The topological polar surface area (TPSA) is 75.4 Å². The summed E-state index contributed by atoms with van der Waals surface area (Å²) in [6.07, 6.45) is 1.91. The molecule has 1 fully saturated rings. The molecule has 1 unspecified atom stereocenters. The van der Waals surface area contributed by atoms with Crippen LogP contribution in [-0.2, 0) is 9.59 Å². The fraction of sp³-hybridized carbons (Fsp3) is 0.800. The van der Waals surface area contributed by atoms with Gasteiger partial charge in [-0.2, -0.15) is 0 Å². The molecule has 0 bridgehead atoms. The first kappa shape index (κ1) is 15.2. The SMILES string of the molecule is CC(=O)NC(C)C(=O)N1CCC[C@@H](N)C1.Cl. The summed E-state index contributed by atoms with van der Waals surface area (Å²) < 4.78 is 0. The van der Waals surface area contributed by atoms with Crippen LogP contribution in [0.1, 0.15) is 26.7 Å². The average molecular weight is 250 g/mol. The lowest BCUT2D eigenvalue weighted by atomic mass is 10.1. The summed E-state index contributed by atoms with van der Waals surface area (Å²) in [5.41, 5.74) is 5.78. The molecule has 0 aliphatic carbocycles. The van der Waals surface area contributed by atoms with Crippen molar-refractivity contribution in [3.8, 4) is 0 Å². The minimum atomic E-state index is -0.451. The fourth-order valence-corrected chi connectivity index (χ4v) is 1.85. The highest BCUT2D eigenvalue weighted by atomic mass is 35.5. The number of nitrogens with two attached hydrogens (primary N) is 1. The molecular weight excluding hydrogens is 230 g/mol. The molecule has 1 aliphatic rings. The first-order chi connectivity index (χ1) is 7.00. The van der Waals surface area contributed by atoms with Crippen LogP contribution in [-0.4, -0.2) is 41.9 Å². The number of likely N-dealkylation sites (tertiary alicyclic amines) is 1. The van der Waals surface area contributed by atoms with Crippen LogP contribution in [0.4, 0.5) is 0 Å². The quantitative estimate of drug-likeness (QED) is 0.717. The second kappa shape index (κ2) is 6.70. The largest absolute Gasteiger partial charge is 0.345 e. The Bertz CT molecular complexity index is 260. The molecule has 2 amide bonds. The molecule has 2 atom stereocenters. The minimum Gasteiger partial charge on any atom is -0.345 e. The van der Waals surface area contributed by atoms with Gasteiger partial charge in [-0.05, 0) is 19.8 Å². The van der Waals surface area contributed by atoms with Gasteiger partial charge in [-0.1, -0.05) is 0 Å². The number of nitrogens with zero attached hydrogens (tertiary/aromatic N) is 1. The van der Waals surface area contributed by atoms with Gasteiger partial charge in [-0.15, -0.1) is 12.4 Å². The zero-order valence-electron chi connectivity index (χ0n) is 9.73. The van der Waals surface area contributed by atoms with E-state index in [2.05, 4.69) is 5.32 Å². The number of carbonyl (C=O) groups is 2. The van der Waals surface area contributed by atoms with Gasteiger partial charge < -0.3 is 16.0 Å². The van der Waals surface area contributed by atoms with Crippen molar-refractivity contribution in [2.75, 3.05) is 13.1 Å². The van der Waals surface area contributed by atoms with Gasteiger partial charge in [0.05, 0.1) is 0 Å². The normalized spacial score (nSPS) is 21.9. The van der Waals surface area contributed by atoms with Crippen LogP contribution in [0.15, 0.2) is 0 Å². The van der Waals surface area contributed by atoms with Gasteiger partial charge in [-0.3, -0.25) is 9.59 Å². The van der Waals surface area contributed by atoms with Crippen molar-refractivity contribution in [3.63, 3.8) is 0 Å². The Morgan fingerprint density at radius 2 is 2.12 bits per heavy atom. The summed E-state index contributed by atoms with van der Waals surface area (Å²) in [7, 11) is 0. The van der Waals surface area contributed by atoms with Crippen LogP contribution in [0.5, 0.6) is 0 Å². The lowest BCUT2D eigenvalue weighted by Gasteiger charge is -2.32. The van der Waals surface area contributed by atoms with Crippen LogP contribution in [0.25, 0.3) is 0 Å². The van der Waals surface area contributed by atoms with Gasteiger partial charge in [0.25, 0.3) is 0 Å². The first-order valence-corrected chi connectivity index (χ1v) is 5.32. The van der Waals surface area contributed by atoms with Crippen molar-refractivity contribution < 1.29 is 9.59 Å². The number of amides is 2. The van der Waals surface area contributed by atoms with E-state index in [1.807, 2.05) is 0 Å². The monoisotopic (exact) mass is 249 g/mol. The third-order valence-corrected chi connectivity index (χ3v) is 2.56.